The van der Waals surface area contributed by atoms with Crippen molar-refractivity contribution in [3.05, 3.63) is 34.3 Å². The standard InChI is InChI=1S/C15H21ClN2O2/c1-12-4-2-5-13(14(12)16)15(20)18-7-3-6-17(8-9-18)10-11-19/h2,4-5,19H,3,6-11H2,1H3. The number of rotatable bonds is 3. The molecule has 5 heteroatoms. The maximum Gasteiger partial charge on any atom is 0.255 e. The van der Waals surface area contributed by atoms with E-state index in [2.05, 4.69) is 4.90 Å². The number of aliphatic hydroxyl groups is 1. The molecule has 1 aliphatic heterocycles. The molecule has 0 bridgehead atoms. The number of carbonyl (C=O) groups excluding carboxylic acids is 1. The molecule has 0 saturated carbocycles. The first-order chi connectivity index (χ1) is 9.63. The van der Waals surface area contributed by atoms with E-state index in [1.807, 2.05) is 24.0 Å². The second kappa shape index (κ2) is 7.07. The quantitative estimate of drug-likeness (QED) is 0.925. The van der Waals surface area contributed by atoms with Gasteiger partial charge >= 0.3 is 0 Å². The number of β-amino-alcohol motifs (C(OH)–C–C–N with tert-alkyl or cyclic N) is 1. The number of amides is 1. The van der Waals surface area contributed by atoms with Gasteiger partial charge in [0.25, 0.3) is 5.91 Å². The average Bonchev–Trinajstić information content (AvgIpc) is 2.67. The van der Waals surface area contributed by atoms with Crippen molar-refractivity contribution in [3.8, 4) is 0 Å². The van der Waals surface area contributed by atoms with E-state index in [0.29, 0.717) is 23.7 Å². The summed E-state index contributed by atoms with van der Waals surface area (Å²) in [6.07, 6.45) is 0.926. The normalized spacial score (nSPS) is 17.1. The Morgan fingerprint density at radius 1 is 1.30 bits per heavy atom. The lowest BCUT2D eigenvalue weighted by Gasteiger charge is -2.22. The molecule has 1 aromatic rings. The molecule has 0 unspecified atom stereocenters. The van der Waals surface area contributed by atoms with Crippen molar-refractivity contribution in [2.75, 3.05) is 39.3 Å². The van der Waals surface area contributed by atoms with Gasteiger partial charge in [0.15, 0.2) is 0 Å². The van der Waals surface area contributed by atoms with Gasteiger partial charge < -0.3 is 10.0 Å². The molecule has 2 rings (SSSR count). The highest BCUT2D eigenvalue weighted by Crippen LogP contribution is 2.22. The highest BCUT2D eigenvalue weighted by molar-refractivity contribution is 6.34. The Morgan fingerprint density at radius 3 is 2.85 bits per heavy atom. The first-order valence-corrected chi connectivity index (χ1v) is 7.39. The molecule has 1 N–H and O–H groups in total. The monoisotopic (exact) mass is 296 g/mol. The van der Waals surface area contributed by atoms with Crippen LogP contribution in [0.15, 0.2) is 18.2 Å². The minimum Gasteiger partial charge on any atom is -0.395 e. The number of hydrogen-bond acceptors (Lipinski definition) is 3. The highest BCUT2D eigenvalue weighted by Gasteiger charge is 2.22. The van der Waals surface area contributed by atoms with Gasteiger partial charge in [-0.15, -0.1) is 0 Å². The van der Waals surface area contributed by atoms with Gasteiger partial charge in [-0.1, -0.05) is 23.7 Å². The number of nitrogens with zero attached hydrogens (tertiary/aromatic N) is 2. The van der Waals surface area contributed by atoms with Crippen LogP contribution in [0, 0.1) is 6.92 Å². The Bertz CT molecular complexity index is 479. The number of carbonyl (C=O) groups is 1. The van der Waals surface area contributed by atoms with Crippen LogP contribution in [0.1, 0.15) is 22.3 Å². The summed E-state index contributed by atoms with van der Waals surface area (Å²) in [7, 11) is 0. The van der Waals surface area contributed by atoms with Crippen LogP contribution in [0.5, 0.6) is 0 Å². The first-order valence-electron chi connectivity index (χ1n) is 7.01. The van der Waals surface area contributed by atoms with Gasteiger partial charge in [0.1, 0.15) is 0 Å². The van der Waals surface area contributed by atoms with Crippen LogP contribution in [0.25, 0.3) is 0 Å². The second-order valence-corrected chi connectivity index (χ2v) is 5.53. The van der Waals surface area contributed by atoms with E-state index < -0.39 is 0 Å². The summed E-state index contributed by atoms with van der Waals surface area (Å²) >= 11 is 6.24. The topological polar surface area (TPSA) is 43.8 Å². The van der Waals surface area contributed by atoms with Gasteiger partial charge in [-0.2, -0.15) is 0 Å². The molecule has 110 valence electrons. The predicted molar refractivity (Wildman–Crippen MR) is 80.2 cm³/mol. The maximum absolute atomic E-state index is 12.6. The summed E-state index contributed by atoms with van der Waals surface area (Å²) in [5, 5.41) is 9.54. The van der Waals surface area contributed by atoms with Crippen molar-refractivity contribution in [2.24, 2.45) is 0 Å². The number of hydrogen-bond donors (Lipinski definition) is 1. The predicted octanol–water partition coefficient (Wildman–Crippen LogP) is 1.79. The van der Waals surface area contributed by atoms with Crippen LogP contribution in [0.2, 0.25) is 5.02 Å². The molecule has 1 aromatic carbocycles. The van der Waals surface area contributed by atoms with Crippen molar-refractivity contribution < 1.29 is 9.90 Å². The fourth-order valence-electron chi connectivity index (χ4n) is 2.52. The van der Waals surface area contributed by atoms with E-state index in [1.54, 1.807) is 6.07 Å². The Morgan fingerprint density at radius 2 is 2.10 bits per heavy atom. The molecule has 0 spiro atoms. The number of halogens is 1. The largest absolute Gasteiger partial charge is 0.395 e. The smallest absolute Gasteiger partial charge is 0.255 e. The second-order valence-electron chi connectivity index (χ2n) is 5.15. The van der Waals surface area contributed by atoms with Gasteiger partial charge in [-0.25, -0.2) is 0 Å². The molecular weight excluding hydrogens is 276 g/mol. The van der Waals surface area contributed by atoms with Gasteiger partial charge in [-0.3, -0.25) is 9.69 Å². The van der Waals surface area contributed by atoms with Crippen LogP contribution in [-0.4, -0.2) is 60.1 Å². The number of benzene rings is 1. The molecule has 20 heavy (non-hydrogen) atoms. The number of aryl methyl sites for hydroxylation is 1. The van der Waals surface area contributed by atoms with Gasteiger partial charge in [0.05, 0.1) is 17.2 Å². The van der Waals surface area contributed by atoms with Gasteiger partial charge in [0, 0.05) is 26.2 Å². The zero-order valence-corrected chi connectivity index (χ0v) is 12.6. The Labute approximate surface area is 124 Å². The summed E-state index contributed by atoms with van der Waals surface area (Å²) in [4.78, 5) is 16.6. The molecular formula is C15H21ClN2O2. The van der Waals surface area contributed by atoms with Crippen LogP contribution < -0.4 is 0 Å². The van der Waals surface area contributed by atoms with E-state index in [-0.39, 0.29) is 12.5 Å². The average molecular weight is 297 g/mol. The molecule has 1 aliphatic rings. The Hall–Kier alpha value is -1.10. The Balaban J connectivity index is 2.07. The van der Waals surface area contributed by atoms with E-state index in [4.69, 9.17) is 16.7 Å². The third-order valence-electron chi connectivity index (χ3n) is 3.71. The van der Waals surface area contributed by atoms with Crippen molar-refractivity contribution in [1.82, 2.24) is 9.80 Å². The van der Waals surface area contributed by atoms with Crippen LogP contribution >= 0.6 is 11.6 Å². The van der Waals surface area contributed by atoms with Crippen LogP contribution in [0.3, 0.4) is 0 Å². The summed E-state index contributed by atoms with van der Waals surface area (Å²) in [5.74, 6) is 0.00421. The number of aliphatic hydroxyl groups excluding tert-OH is 1. The molecule has 1 amide bonds. The Kier molecular flexibility index (Phi) is 5.40. The van der Waals surface area contributed by atoms with Crippen LogP contribution in [0.4, 0.5) is 0 Å². The molecule has 4 nitrogen and oxygen atoms in total. The maximum atomic E-state index is 12.6. The molecule has 0 aliphatic carbocycles. The van der Waals surface area contributed by atoms with Crippen molar-refractivity contribution in [3.63, 3.8) is 0 Å². The summed E-state index contributed by atoms with van der Waals surface area (Å²) in [6.45, 7) is 5.89. The third kappa shape index (κ3) is 3.51. The summed E-state index contributed by atoms with van der Waals surface area (Å²) in [5.41, 5.74) is 1.51. The fourth-order valence-corrected chi connectivity index (χ4v) is 2.73. The minimum atomic E-state index is 0.00421. The first kappa shape index (κ1) is 15.3. The summed E-state index contributed by atoms with van der Waals surface area (Å²) < 4.78 is 0. The molecule has 1 heterocycles. The molecule has 0 radical (unpaired) electrons. The lowest BCUT2D eigenvalue weighted by molar-refractivity contribution is 0.0760. The third-order valence-corrected chi connectivity index (χ3v) is 4.22. The van der Waals surface area contributed by atoms with Crippen molar-refractivity contribution in [1.29, 1.82) is 0 Å². The van der Waals surface area contributed by atoms with E-state index in [1.165, 1.54) is 0 Å². The lowest BCUT2D eigenvalue weighted by atomic mass is 10.1. The highest BCUT2D eigenvalue weighted by atomic mass is 35.5. The molecule has 0 aromatic heterocycles. The van der Waals surface area contributed by atoms with Gasteiger partial charge in [0.2, 0.25) is 0 Å². The van der Waals surface area contributed by atoms with Gasteiger partial charge in [-0.05, 0) is 31.5 Å². The van der Waals surface area contributed by atoms with E-state index >= 15 is 0 Å². The molecule has 0 atom stereocenters. The minimum absolute atomic E-state index is 0.00421. The summed E-state index contributed by atoms with van der Waals surface area (Å²) in [6, 6.07) is 5.56. The van der Waals surface area contributed by atoms with Crippen molar-refractivity contribution in [2.45, 2.75) is 13.3 Å². The molecule has 1 fully saturated rings. The van der Waals surface area contributed by atoms with E-state index in [9.17, 15) is 4.79 Å². The molecule has 1 saturated heterocycles. The lowest BCUT2D eigenvalue weighted by Crippen LogP contribution is -2.36. The zero-order valence-electron chi connectivity index (χ0n) is 11.8. The van der Waals surface area contributed by atoms with E-state index in [0.717, 1.165) is 31.6 Å². The SMILES string of the molecule is Cc1cccc(C(=O)N2CCCN(CCO)CC2)c1Cl. The van der Waals surface area contributed by atoms with Crippen LogP contribution in [-0.2, 0) is 0 Å². The van der Waals surface area contributed by atoms with Crippen molar-refractivity contribution >= 4 is 17.5 Å². The zero-order chi connectivity index (χ0) is 14.5. The fraction of sp³-hybridized carbons (Fsp3) is 0.533.